The van der Waals surface area contributed by atoms with E-state index in [0.29, 0.717) is 17.9 Å². The minimum Gasteiger partial charge on any atom is -0.505 e. The second kappa shape index (κ2) is 11.7. The van der Waals surface area contributed by atoms with Crippen molar-refractivity contribution in [3.8, 4) is 28.3 Å². The number of unbranched alkanes of at least 4 members (excludes halogenated alkanes) is 1. The quantitative estimate of drug-likeness (QED) is 0.175. The van der Waals surface area contributed by atoms with Gasteiger partial charge in [0.2, 0.25) is 5.82 Å². The molecule has 0 bridgehead atoms. The monoisotopic (exact) mass is 556 g/mol. The third-order valence-electron chi connectivity index (χ3n) is 7.66. The van der Waals surface area contributed by atoms with Crippen molar-refractivity contribution in [1.29, 1.82) is 0 Å². The van der Waals surface area contributed by atoms with E-state index in [0.717, 1.165) is 75.4 Å². The van der Waals surface area contributed by atoms with Crippen LogP contribution in [0.3, 0.4) is 0 Å². The first-order valence-electron chi connectivity index (χ1n) is 14.1. The Morgan fingerprint density at radius 3 is 2.31 bits per heavy atom. The Kier molecular flexibility index (Phi) is 7.55. The standard InChI is InChI=1S/C33H32N8O/c1-4-5-15-28-34-30-31(29(21(2)22(3)32(30)42)36-35-25-11-7-6-8-12-25)41(28)20-23-16-18-24(19-17-23)26-13-9-10-14-27(26)33-37-39-40-38-33/h6-14,16-19,42H,4-5,15,20H2,1-3H3,(H,37,38,39,40). The van der Waals surface area contributed by atoms with Crippen molar-refractivity contribution in [2.24, 2.45) is 10.2 Å². The van der Waals surface area contributed by atoms with Gasteiger partial charge < -0.3 is 9.67 Å². The van der Waals surface area contributed by atoms with Crippen molar-refractivity contribution in [3.63, 3.8) is 0 Å². The molecule has 2 aromatic heterocycles. The third-order valence-corrected chi connectivity index (χ3v) is 7.66. The number of aromatic hydroxyl groups is 1. The number of phenolic OH excluding ortho intramolecular Hbond substituents is 1. The molecule has 2 N–H and O–H groups in total. The van der Waals surface area contributed by atoms with Gasteiger partial charge in [-0.3, -0.25) is 0 Å². The fraction of sp³-hybridized carbons (Fsp3) is 0.212. The largest absolute Gasteiger partial charge is 0.505 e. The summed E-state index contributed by atoms with van der Waals surface area (Å²) in [6, 6.07) is 26.2. The normalized spacial score (nSPS) is 11.6. The van der Waals surface area contributed by atoms with Gasteiger partial charge in [-0.15, -0.1) is 15.3 Å². The van der Waals surface area contributed by atoms with E-state index in [-0.39, 0.29) is 5.75 Å². The van der Waals surface area contributed by atoms with Gasteiger partial charge in [0.05, 0.1) is 5.69 Å². The molecule has 0 unspecified atom stereocenters. The molecule has 0 saturated heterocycles. The van der Waals surface area contributed by atoms with Crippen molar-refractivity contribution in [2.45, 2.75) is 46.6 Å². The highest BCUT2D eigenvalue weighted by molar-refractivity contribution is 5.95. The van der Waals surface area contributed by atoms with Gasteiger partial charge in [0.1, 0.15) is 28.3 Å². The van der Waals surface area contributed by atoms with Crippen LogP contribution in [0.4, 0.5) is 11.4 Å². The SMILES string of the molecule is CCCCc1nc2c(O)c(C)c(C)c(N=Nc3ccccc3)c2n1Cc1ccc(-c2ccccc2-c2nn[nH]n2)cc1. The minimum atomic E-state index is 0.200. The number of nitrogens with one attached hydrogen (secondary N) is 1. The number of rotatable bonds is 9. The number of tetrazole rings is 1. The Hall–Kier alpha value is -5.18. The molecule has 2 heterocycles. The summed E-state index contributed by atoms with van der Waals surface area (Å²) in [4.78, 5) is 4.96. The highest BCUT2D eigenvalue weighted by atomic mass is 16.3. The molecule has 6 rings (SSSR count). The molecule has 0 saturated carbocycles. The van der Waals surface area contributed by atoms with Crippen molar-refractivity contribution in [1.82, 2.24) is 30.2 Å². The number of hydrogen-bond donors (Lipinski definition) is 2. The molecule has 9 heteroatoms. The molecule has 0 atom stereocenters. The molecule has 0 spiro atoms. The number of fused-ring (bicyclic) bond motifs is 1. The summed E-state index contributed by atoms with van der Waals surface area (Å²) in [6.07, 6.45) is 2.84. The lowest BCUT2D eigenvalue weighted by Crippen LogP contribution is -2.06. The number of hydrogen-bond acceptors (Lipinski definition) is 7. The average Bonchev–Trinajstić information content (AvgIpc) is 3.69. The molecule has 0 amide bonds. The number of azo groups is 1. The molecular weight excluding hydrogens is 524 g/mol. The van der Waals surface area contributed by atoms with Crippen LogP contribution in [0.2, 0.25) is 0 Å². The maximum absolute atomic E-state index is 11.2. The number of phenols is 1. The van der Waals surface area contributed by atoms with E-state index in [1.807, 2.05) is 62.4 Å². The van der Waals surface area contributed by atoms with Gasteiger partial charge in [-0.25, -0.2) is 4.98 Å². The summed E-state index contributed by atoms with van der Waals surface area (Å²) in [5.41, 5.74) is 8.62. The lowest BCUT2D eigenvalue weighted by Gasteiger charge is -2.14. The number of imidazole rings is 1. The lowest BCUT2D eigenvalue weighted by atomic mass is 9.98. The molecule has 0 fully saturated rings. The Labute approximate surface area is 244 Å². The molecule has 42 heavy (non-hydrogen) atoms. The summed E-state index contributed by atoms with van der Waals surface area (Å²) in [7, 11) is 0. The fourth-order valence-corrected chi connectivity index (χ4v) is 5.21. The first-order chi connectivity index (χ1) is 20.5. The molecule has 210 valence electrons. The number of nitrogens with zero attached hydrogens (tertiary/aromatic N) is 7. The zero-order valence-corrected chi connectivity index (χ0v) is 23.9. The van der Waals surface area contributed by atoms with E-state index in [9.17, 15) is 5.11 Å². The van der Waals surface area contributed by atoms with Crippen molar-refractivity contribution >= 4 is 22.4 Å². The highest BCUT2D eigenvalue weighted by Crippen LogP contribution is 2.41. The molecule has 0 aliphatic carbocycles. The molecule has 0 radical (unpaired) electrons. The van der Waals surface area contributed by atoms with Crippen LogP contribution >= 0.6 is 0 Å². The smallest absolute Gasteiger partial charge is 0.205 e. The predicted octanol–water partition coefficient (Wildman–Crippen LogP) is 8.01. The van der Waals surface area contributed by atoms with Crippen molar-refractivity contribution < 1.29 is 5.11 Å². The maximum Gasteiger partial charge on any atom is 0.205 e. The zero-order chi connectivity index (χ0) is 29.1. The number of aryl methyl sites for hydroxylation is 1. The summed E-state index contributed by atoms with van der Waals surface area (Å²) >= 11 is 0. The Morgan fingerprint density at radius 1 is 0.857 bits per heavy atom. The van der Waals surface area contributed by atoms with Crippen LogP contribution in [0.25, 0.3) is 33.5 Å². The summed E-state index contributed by atoms with van der Waals surface area (Å²) < 4.78 is 2.19. The van der Waals surface area contributed by atoms with Crippen molar-refractivity contribution in [3.05, 3.63) is 101 Å². The number of H-pyrrole nitrogens is 1. The van der Waals surface area contributed by atoms with Gasteiger partial charge in [0, 0.05) is 18.5 Å². The molecule has 4 aromatic carbocycles. The van der Waals surface area contributed by atoms with Crippen LogP contribution in [-0.4, -0.2) is 35.3 Å². The second-order valence-electron chi connectivity index (χ2n) is 10.4. The highest BCUT2D eigenvalue weighted by Gasteiger charge is 2.22. The van der Waals surface area contributed by atoms with Crippen LogP contribution in [0.5, 0.6) is 5.75 Å². The number of aromatic nitrogens is 6. The zero-order valence-electron chi connectivity index (χ0n) is 23.9. The number of aromatic amines is 1. The Balaban J connectivity index is 1.43. The summed E-state index contributed by atoms with van der Waals surface area (Å²) in [5.74, 6) is 1.68. The minimum absolute atomic E-state index is 0.200. The topological polar surface area (TPSA) is 117 Å². The van der Waals surface area contributed by atoms with Gasteiger partial charge in [0.15, 0.2) is 0 Å². The maximum atomic E-state index is 11.2. The second-order valence-corrected chi connectivity index (χ2v) is 10.4. The molecular formula is C33H32N8O. The Bertz CT molecular complexity index is 1860. The fourth-order valence-electron chi connectivity index (χ4n) is 5.21. The predicted molar refractivity (Wildman–Crippen MR) is 164 cm³/mol. The van der Waals surface area contributed by atoms with Gasteiger partial charge in [-0.1, -0.05) is 80.1 Å². The van der Waals surface area contributed by atoms with E-state index in [1.54, 1.807) is 0 Å². The average molecular weight is 557 g/mol. The van der Waals surface area contributed by atoms with Gasteiger partial charge in [-0.05, 0) is 65.4 Å². The van der Waals surface area contributed by atoms with E-state index in [2.05, 4.69) is 67.6 Å². The van der Waals surface area contributed by atoms with Crippen LogP contribution < -0.4 is 0 Å². The third kappa shape index (κ3) is 5.16. The van der Waals surface area contributed by atoms with Crippen LogP contribution in [0.1, 0.15) is 42.3 Å². The lowest BCUT2D eigenvalue weighted by molar-refractivity contribution is 0.476. The van der Waals surface area contributed by atoms with Crippen LogP contribution in [0.15, 0.2) is 89.1 Å². The van der Waals surface area contributed by atoms with Gasteiger partial charge in [0.25, 0.3) is 0 Å². The van der Waals surface area contributed by atoms with E-state index >= 15 is 0 Å². The first kappa shape index (κ1) is 27.0. The van der Waals surface area contributed by atoms with Crippen LogP contribution in [0, 0.1) is 13.8 Å². The van der Waals surface area contributed by atoms with Gasteiger partial charge in [-0.2, -0.15) is 10.3 Å². The van der Waals surface area contributed by atoms with E-state index in [1.165, 1.54) is 0 Å². The van der Waals surface area contributed by atoms with Gasteiger partial charge >= 0.3 is 0 Å². The van der Waals surface area contributed by atoms with E-state index < -0.39 is 0 Å². The first-order valence-corrected chi connectivity index (χ1v) is 14.1. The summed E-state index contributed by atoms with van der Waals surface area (Å²) in [6.45, 7) is 6.63. The van der Waals surface area contributed by atoms with Crippen LogP contribution in [-0.2, 0) is 13.0 Å². The molecule has 0 aliphatic rings. The molecule has 9 nitrogen and oxygen atoms in total. The van der Waals surface area contributed by atoms with Crippen molar-refractivity contribution in [2.75, 3.05) is 0 Å². The van der Waals surface area contributed by atoms with E-state index in [4.69, 9.17) is 10.1 Å². The molecule has 0 aliphatic heterocycles. The summed E-state index contributed by atoms with van der Waals surface area (Å²) in [5, 5.41) is 35.0. The Morgan fingerprint density at radius 2 is 1.60 bits per heavy atom. The number of benzene rings is 4. The molecule has 6 aromatic rings.